The SMILES string of the molecule is O=C(Cc1ccc(OC2CCNCC2)cc1C(F)(F)F)N1CCC(N2C(=O)OCc3ccccc32)CC1. The van der Waals surface area contributed by atoms with Crippen LogP contribution in [0, 0.1) is 0 Å². The molecule has 0 radical (unpaired) electrons. The van der Waals surface area contributed by atoms with E-state index in [2.05, 4.69) is 5.32 Å². The number of anilines is 1. The van der Waals surface area contributed by atoms with Gasteiger partial charge in [0.2, 0.25) is 5.91 Å². The Morgan fingerprint density at radius 2 is 1.78 bits per heavy atom. The molecule has 0 bridgehead atoms. The molecule has 2 aromatic carbocycles. The zero-order valence-corrected chi connectivity index (χ0v) is 20.4. The highest BCUT2D eigenvalue weighted by Gasteiger charge is 2.37. The van der Waals surface area contributed by atoms with E-state index >= 15 is 0 Å². The Labute approximate surface area is 213 Å². The summed E-state index contributed by atoms with van der Waals surface area (Å²) in [6, 6.07) is 11.3. The smallest absolute Gasteiger partial charge is 0.416 e. The number of benzene rings is 2. The lowest BCUT2D eigenvalue weighted by molar-refractivity contribution is -0.139. The van der Waals surface area contributed by atoms with Crippen LogP contribution in [-0.4, -0.2) is 55.2 Å². The van der Waals surface area contributed by atoms with Crippen molar-refractivity contribution in [1.29, 1.82) is 0 Å². The Morgan fingerprint density at radius 3 is 2.51 bits per heavy atom. The number of halogens is 3. The van der Waals surface area contributed by atoms with Crippen molar-refractivity contribution in [1.82, 2.24) is 10.2 Å². The second-order valence-electron chi connectivity index (χ2n) is 9.73. The van der Waals surface area contributed by atoms with Gasteiger partial charge in [0.15, 0.2) is 0 Å². The molecule has 37 heavy (non-hydrogen) atoms. The van der Waals surface area contributed by atoms with Crippen molar-refractivity contribution in [2.75, 3.05) is 31.1 Å². The van der Waals surface area contributed by atoms with Crippen LogP contribution in [0.4, 0.5) is 23.7 Å². The van der Waals surface area contributed by atoms with E-state index in [0.29, 0.717) is 25.9 Å². The largest absolute Gasteiger partial charge is 0.490 e. The second-order valence-corrected chi connectivity index (χ2v) is 9.73. The number of piperidine rings is 2. The number of rotatable bonds is 5. The average Bonchev–Trinajstić information content (AvgIpc) is 2.89. The monoisotopic (exact) mass is 517 g/mol. The summed E-state index contributed by atoms with van der Waals surface area (Å²) in [5, 5.41) is 3.20. The third-order valence-corrected chi connectivity index (χ3v) is 7.30. The number of para-hydroxylation sites is 1. The first-order chi connectivity index (χ1) is 17.8. The van der Waals surface area contributed by atoms with Gasteiger partial charge < -0.3 is 19.7 Å². The van der Waals surface area contributed by atoms with Crippen LogP contribution in [0.25, 0.3) is 0 Å². The van der Waals surface area contributed by atoms with Crippen LogP contribution >= 0.6 is 0 Å². The maximum absolute atomic E-state index is 13.9. The van der Waals surface area contributed by atoms with E-state index in [0.717, 1.165) is 43.2 Å². The first-order valence-corrected chi connectivity index (χ1v) is 12.7. The predicted molar refractivity (Wildman–Crippen MR) is 130 cm³/mol. The minimum atomic E-state index is -4.60. The van der Waals surface area contributed by atoms with Gasteiger partial charge in [-0.15, -0.1) is 0 Å². The summed E-state index contributed by atoms with van der Waals surface area (Å²) in [5.41, 5.74) is 0.832. The van der Waals surface area contributed by atoms with Gasteiger partial charge in [0.05, 0.1) is 17.7 Å². The molecule has 2 saturated heterocycles. The third-order valence-electron chi connectivity index (χ3n) is 7.30. The number of hydrogen-bond acceptors (Lipinski definition) is 5. The summed E-state index contributed by atoms with van der Waals surface area (Å²) in [6.45, 7) is 2.48. The van der Waals surface area contributed by atoms with Crippen molar-refractivity contribution in [2.24, 2.45) is 0 Å². The molecule has 7 nitrogen and oxygen atoms in total. The van der Waals surface area contributed by atoms with E-state index in [1.165, 1.54) is 12.1 Å². The van der Waals surface area contributed by atoms with Crippen LogP contribution in [0.15, 0.2) is 42.5 Å². The van der Waals surface area contributed by atoms with Crippen LogP contribution in [0.3, 0.4) is 0 Å². The summed E-state index contributed by atoms with van der Waals surface area (Å²) in [5.74, 6) is -0.192. The number of likely N-dealkylation sites (tertiary alicyclic amines) is 1. The highest BCUT2D eigenvalue weighted by molar-refractivity contribution is 5.91. The molecule has 0 aromatic heterocycles. The molecule has 0 spiro atoms. The first kappa shape index (κ1) is 25.4. The fraction of sp³-hybridized carbons (Fsp3) is 0.481. The standard InChI is InChI=1S/C27H30F3N3O4/c28-27(29,30)23-16-22(37-21-7-11-31-12-8-21)6-5-18(23)15-25(34)32-13-9-20(10-14-32)33-24-4-2-1-3-19(24)17-36-26(33)35/h1-6,16,20-21,31H,7-15,17H2. The van der Waals surface area contributed by atoms with Crippen molar-refractivity contribution in [3.63, 3.8) is 0 Å². The Balaban J connectivity index is 1.24. The molecule has 198 valence electrons. The first-order valence-electron chi connectivity index (χ1n) is 12.7. The van der Waals surface area contributed by atoms with Gasteiger partial charge >= 0.3 is 12.3 Å². The normalized spacial score (nSPS) is 19.4. The fourth-order valence-corrected chi connectivity index (χ4v) is 5.32. The van der Waals surface area contributed by atoms with Crippen LogP contribution in [0.5, 0.6) is 5.75 Å². The number of nitrogens with zero attached hydrogens (tertiary/aromatic N) is 2. The molecular formula is C27H30F3N3O4. The quantitative estimate of drug-likeness (QED) is 0.631. The molecule has 2 amide bonds. The van der Waals surface area contributed by atoms with Crippen molar-refractivity contribution in [3.05, 3.63) is 59.2 Å². The van der Waals surface area contributed by atoms with Gasteiger partial charge in [0.25, 0.3) is 0 Å². The molecule has 0 aliphatic carbocycles. The van der Waals surface area contributed by atoms with Gasteiger partial charge in [0, 0.05) is 24.7 Å². The molecule has 0 saturated carbocycles. The summed E-state index contributed by atoms with van der Waals surface area (Å²) in [6.07, 6.45) is -2.98. The molecule has 0 unspecified atom stereocenters. The second kappa shape index (κ2) is 10.6. The van der Waals surface area contributed by atoms with E-state index in [1.54, 1.807) is 9.80 Å². The molecule has 3 aliphatic rings. The van der Waals surface area contributed by atoms with Crippen LogP contribution in [-0.2, 0) is 28.7 Å². The van der Waals surface area contributed by atoms with Crippen LogP contribution < -0.4 is 15.0 Å². The highest BCUT2D eigenvalue weighted by Crippen LogP contribution is 2.36. The number of carbonyl (C=O) groups excluding carboxylic acids is 2. The summed E-state index contributed by atoms with van der Waals surface area (Å²) < 4.78 is 52.7. The third kappa shape index (κ3) is 5.69. The zero-order chi connectivity index (χ0) is 26.0. The van der Waals surface area contributed by atoms with Crippen LogP contribution in [0.1, 0.15) is 42.4 Å². The number of carbonyl (C=O) groups is 2. The van der Waals surface area contributed by atoms with E-state index in [4.69, 9.17) is 9.47 Å². The van der Waals surface area contributed by atoms with Gasteiger partial charge in [-0.3, -0.25) is 9.69 Å². The number of ether oxygens (including phenoxy) is 2. The lowest BCUT2D eigenvalue weighted by Gasteiger charge is -2.40. The van der Waals surface area contributed by atoms with Gasteiger partial charge in [-0.2, -0.15) is 13.2 Å². The van der Waals surface area contributed by atoms with Crippen molar-refractivity contribution in [3.8, 4) is 5.75 Å². The van der Waals surface area contributed by atoms with E-state index in [-0.39, 0.29) is 42.4 Å². The number of hydrogen-bond donors (Lipinski definition) is 1. The van der Waals surface area contributed by atoms with Gasteiger partial charge in [0.1, 0.15) is 18.5 Å². The molecule has 10 heteroatoms. The number of fused-ring (bicyclic) bond motifs is 1. The molecule has 3 aliphatic heterocycles. The van der Waals surface area contributed by atoms with Crippen LogP contribution in [0.2, 0.25) is 0 Å². The minimum Gasteiger partial charge on any atom is -0.490 e. The number of alkyl halides is 3. The molecule has 2 aromatic rings. The molecule has 0 atom stereocenters. The van der Waals surface area contributed by atoms with E-state index < -0.39 is 17.8 Å². The van der Waals surface area contributed by atoms with Crippen molar-refractivity contribution in [2.45, 2.75) is 57.0 Å². The van der Waals surface area contributed by atoms with Crippen molar-refractivity contribution >= 4 is 17.7 Å². The number of amides is 2. The summed E-state index contributed by atoms with van der Waals surface area (Å²) >= 11 is 0. The molecule has 3 heterocycles. The number of nitrogens with one attached hydrogen (secondary N) is 1. The Hall–Kier alpha value is -3.27. The predicted octanol–water partition coefficient (Wildman–Crippen LogP) is 4.53. The van der Waals surface area contributed by atoms with E-state index in [9.17, 15) is 22.8 Å². The molecule has 1 N–H and O–H groups in total. The lowest BCUT2D eigenvalue weighted by Crippen LogP contribution is -2.50. The lowest BCUT2D eigenvalue weighted by atomic mass is 9.99. The molecule has 2 fully saturated rings. The van der Waals surface area contributed by atoms with Gasteiger partial charge in [-0.1, -0.05) is 24.3 Å². The zero-order valence-electron chi connectivity index (χ0n) is 20.4. The average molecular weight is 518 g/mol. The molecule has 5 rings (SSSR count). The van der Waals surface area contributed by atoms with Crippen molar-refractivity contribution < 1.29 is 32.2 Å². The van der Waals surface area contributed by atoms with Gasteiger partial charge in [-0.25, -0.2) is 4.79 Å². The highest BCUT2D eigenvalue weighted by atomic mass is 19.4. The Kier molecular flexibility index (Phi) is 7.28. The summed E-state index contributed by atoms with van der Waals surface area (Å²) in [4.78, 5) is 28.7. The topological polar surface area (TPSA) is 71.1 Å². The Morgan fingerprint density at radius 1 is 1.05 bits per heavy atom. The Bertz CT molecular complexity index is 1140. The fourth-order valence-electron chi connectivity index (χ4n) is 5.32. The molecular weight excluding hydrogens is 487 g/mol. The number of cyclic esters (lactones) is 1. The maximum atomic E-state index is 13.9. The van der Waals surface area contributed by atoms with Gasteiger partial charge in [-0.05, 0) is 62.5 Å². The minimum absolute atomic E-state index is 0.0641. The van der Waals surface area contributed by atoms with E-state index in [1.807, 2.05) is 24.3 Å². The maximum Gasteiger partial charge on any atom is 0.416 e. The summed E-state index contributed by atoms with van der Waals surface area (Å²) in [7, 11) is 0.